The van der Waals surface area contributed by atoms with Crippen LogP contribution in [0.25, 0.3) is 0 Å². The van der Waals surface area contributed by atoms with Crippen LogP contribution in [0.5, 0.6) is 0 Å². The van der Waals surface area contributed by atoms with Crippen LogP contribution in [0.15, 0.2) is 4.99 Å². The molecule has 4 heteroatoms. The highest BCUT2D eigenvalue weighted by atomic mass is 16.5. The second-order valence-corrected chi connectivity index (χ2v) is 4.79. The van der Waals surface area contributed by atoms with E-state index in [9.17, 15) is 0 Å². The van der Waals surface area contributed by atoms with Crippen molar-refractivity contribution in [2.75, 3.05) is 19.7 Å². The van der Waals surface area contributed by atoms with E-state index in [0.29, 0.717) is 12.1 Å². The predicted molar refractivity (Wildman–Crippen MR) is 65.7 cm³/mol. The first-order chi connectivity index (χ1) is 7.84. The van der Waals surface area contributed by atoms with Gasteiger partial charge in [-0.2, -0.15) is 0 Å². The fraction of sp³-hybridized carbons (Fsp3) is 0.917. The fourth-order valence-corrected chi connectivity index (χ4v) is 2.29. The molecule has 0 radical (unpaired) electrons. The van der Waals surface area contributed by atoms with E-state index in [1.165, 1.54) is 32.1 Å². The van der Waals surface area contributed by atoms with Gasteiger partial charge in [-0.05, 0) is 19.8 Å². The monoisotopic (exact) mass is 225 g/mol. The van der Waals surface area contributed by atoms with Crippen molar-refractivity contribution in [3.05, 3.63) is 0 Å². The molecular weight excluding hydrogens is 202 g/mol. The van der Waals surface area contributed by atoms with Gasteiger partial charge in [-0.15, -0.1) is 0 Å². The smallest absolute Gasteiger partial charge is 0.191 e. The van der Waals surface area contributed by atoms with Crippen LogP contribution in [0.4, 0.5) is 0 Å². The summed E-state index contributed by atoms with van der Waals surface area (Å²) in [5.74, 6) is 0.930. The van der Waals surface area contributed by atoms with Crippen molar-refractivity contribution in [2.45, 2.75) is 51.2 Å². The summed E-state index contributed by atoms with van der Waals surface area (Å²) < 4.78 is 5.82. The Balaban J connectivity index is 1.51. The van der Waals surface area contributed by atoms with Gasteiger partial charge in [0.1, 0.15) is 0 Å². The molecule has 2 rings (SSSR count). The van der Waals surface area contributed by atoms with E-state index in [-0.39, 0.29) is 0 Å². The largest absolute Gasteiger partial charge is 0.376 e. The van der Waals surface area contributed by atoms with Crippen LogP contribution >= 0.6 is 0 Å². The summed E-state index contributed by atoms with van der Waals surface area (Å²) in [5.41, 5.74) is 0. The summed E-state index contributed by atoms with van der Waals surface area (Å²) in [4.78, 5) is 4.34. The summed E-state index contributed by atoms with van der Waals surface area (Å²) >= 11 is 0. The van der Waals surface area contributed by atoms with Gasteiger partial charge < -0.3 is 15.4 Å². The Labute approximate surface area is 97.9 Å². The summed E-state index contributed by atoms with van der Waals surface area (Å²) in [6.07, 6.45) is 7.06. The van der Waals surface area contributed by atoms with Gasteiger partial charge >= 0.3 is 0 Å². The highest BCUT2D eigenvalue weighted by Crippen LogP contribution is 2.19. The lowest BCUT2D eigenvalue weighted by Crippen LogP contribution is -2.39. The number of guanidine groups is 1. The van der Waals surface area contributed by atoms with Gasteiger partial charge in [0.2, 0.25) is 0 Å². The summed E-state index contributed by atoms with van der Waals surface area (Å²) in [5, 5.41) is 6.54. The van der Waals surface area contributed by atoms with Gasteiger partial charge in [0, 0.05) is 12.6 Å². The zero-order chi connectivity index (χ0) is 11.2. The van der Waals surface area contributed by atoms with Crippen molar-refractivity contribution in [1.29, 1.82) is 0 Å². The standard InChI is InChI=1S/C12H23N3O/c1-10-9-14-12(15-10)13-7-8-16-11-5-3-2-4-6-11/h10-11H,2-9H2,1H3,(H2,13,14,15). The molecule has 0 aromatic rings. The Hall–Kier alpha value is -0.770. The molecule has 0 aromatic heterocycles. The molecule has 1 aliphatic carbocycles. The number of rotatable bonds is 4. The number of hydrogen-bond acceptors (Lipinski definition) is 4. The van der Waals surface area contributed by atoms with Gasteiger partial charge in [-0.25, -0.2) is 0 Å². The van der Waals surface area contributed by atoms with E-state index >= 15 is 0 Å². The van der Waals surface area contributed by atoms with Crippen molar-refractivity contribution in [1.82, 2.24) is 10.6 Å². The summed E-state index contributed by atoms with van der Waals surface area (Å²) in [6, 6.07) is 0.474. The van der Waals surface area contributed by atoms with Crippen LogP contribution in [0, 0.1) is 0 Å². The molecule has 16 heavy (non-hydrogen) atoms. The highest BCUT2D eigenvalue weighted by molar-refractivity contribution is 5.81. The average Bonchev–Trinajstić information content (AvgIpc) is 2.72. The van der Waals surface area contributed by atoms with Crippen LogP contribution in [-0.4, -0.2) is 37.8 Å². The minimum absolute atomic E-state index is 0.474. The Morgan fingerprint density at radius 1 is 1.38 bits per heavy atom. The normalized spacial score (nSPS) is 26.3. The first kappa shape index (κ1) is 11.7. The first-order valence-corrected chi connectivity index (χ1v) is 6.51. The average molecular weight is 225 g/mol. The molecule has 1 aliphatic heterocycles. The zero-order valence-corrected chi connectivity index (χ0v) is 10.2. The molecule has 1 atom stereocenters. The molecule has 0 spiro atoms. The Morgan fingerprint density at radius 2 is 2.19 bits per heavy atom. The Morgan fingerprint density at radius 3 is 2.88 bits per heavy atom. The van der Waals surface area contributed by atoms with Crippen molar-refractivity contribution < 1.29 is 4.74 Å². The fourth-order valence-electron chi connectivity index (χ4n) is 2.29. The predicted octanol–water partition coefficient (Wildman–Crippen LogP) is 1.27. The molecule has 0 amide bonds. The number of ether oxygens (including phenoxy) is 1. The molecule has 0 aromatic carbocycles. The third-order valence-corrected chi connectivity index (χ3v) is 3.21. The number of hydrogen-bond donors (Lipinski definition) is 2. The van der Waals surface area contributed by atoms with Crippen molar-refractivity contribution in [3.8, 4) is 0 Å². The minimum atomic E-state index is 0.474. The quantitative estimate of drug-likeness (QED) is 0.708. The van der Waals surface area contributed by atoms with E-state index in [2.05, 4.69) is 22.5 Å². The molecule has 1 heterocycles. The van der Waals surface area contributed by atoms with Crippen LogP contribution < -0.4 is 10.6 Å². The molecule has 0 saturated heterocycles. The maximum Gasteiger partial charge on any atom is 0.191 e. The lowest BCUT2D eigenvalue weighted by atomic mass is 9.98. The molecular formula is C12H23N3O. The van der Waals surface area contributed by atoms with Gasteiger partial charge in [0.25, 0.3) is 0 Å². The molecule has 1 saturated carbocycles. The molecule has 92 valence electrons. The van der Waals surface area contributed by atoms with E-state index < -0.39 is 0 Å². The van der Waals surface area contributed by atoms with E-state index in [1.54, 1.807) is 0 Å². The lowest BCUT2D eigenvalue weighted by Gasteiger charge is -2.22. The first-order valence-electron chi connectivity index (χ1n) is 6.51. The van der Waals surface area contributed by atoms with E-state index in [4.69, 9.17) is 4.74 Å². The minimum Gasteiger partial charge on any atom is -0.376 e. The topological polar surface area (TPSA) is 45.7 Å². The number of nitrogens with zero attached hydrogens (tertiary/aromatic N) is 1. The van der Waals surface area contributed by atoms with Gasteiger partial charge in [0.05, 0.1) is 19.3 Å². The van der Waals surface area contributed by atoms with Crippen LogP contribution in [0.1, 0.15) is 39.0 Å². The molecule has 1 unspecified atom stereocenters. The number of nitrogens with one attached hydrogen (secondary N) is 2. The third-order valence-electron chi connectivity index (χ3n) is 3.21. The summed E-state index contributed by atoms with van der Waals surface area (Å²) in [6.45, 7) is 4.66. The van der Waals surface area contributed by atoms with Crippen LogP contribution in [0.2, 0.25) is 0 Å². The Kier molecular flexibility index (Phi) is 4.45. The third kappa shape index (κ3) is 3.67. The van der Waals surface area contributed by atoms with E-state index in [1.807, 2.05) is 0 Å². The SMILES string of the molecule is CC1CN=C(NCCOC2CCCCC2)N1. The van der Waals surface area contributed by atoms with Crippen molar-refractivity contribution in [3.63, 3.8) is 0 Å². The molecule has 1 fully saturated rings. The second-order valence-electron chi connectivity index (χ2n) is 4.79. The molecule has 0 bridgehead atoms. The van der Waals surface area contributed by atoms with Gasteiger partial charge in [0.15, 0.2) is 5.96 Å². The van der Waals surface area contributed by atoms with Crippen molar-refractivity contribution >= 4 is 5.96 Å². The maximum atomic E-state index is 5.82. The number of aliphatic imine (C=N–C) groups is 1. The molecule has 2 N–H and O–H groups in total. The maximum absolute atomic E-state index is 5.82. The second kappa shape index (κ2) is 6.09. The Bertz CT molecular complexity index is 236. The zero-order valence-electron chi connectivity index (χ0n) is 10.2. The summed E-state index contributed by atoms with van der Waals surface area (Å²) in [7, 11) is 0. The van der Waals surface area contributed by atoms with E-state index in [0.717, 1.165) is 25.7 Å². The van der Waals surface area contributed by atoms with Crippen LogP contribution in [0.3, 0.4) is 0 Å². The van der Waals surface area contributed by atoms with Crippen LogP contribution in [-0.2, 0) is 4.74 Å². The highest BCUT2D eigenvalue weighted by Gasteiger charge is 2.14. The van der Waals surface area contributed by atoms with Crippen molar-refractivity contribution in [2.24, 2.45) is 4.99 Å². The molecule has 4 nitrogen and oxygen atoms in total. The van der Waals surface area contributed by atoms with Gasteiger partial charge in [-0.3, -0.25) is 4.99 Å². The van der Waals surface area contributed by atoms with Gasteiger partial charge in [-0.1, -0.05) is 19.3 Å². The molecule has 2 aliphatic rings. The lowest BCUT2D eigenvalue weighted by molar-refractivity contribution is 0.0318.